The molecule has 0 saturated carbocycles. The molecule has 0 saturated heterocycles. The van der Waals surface area contributed by atoms with Crippen LogP contribution in [0.1, 0.15) is 37.7 Å². The second-order valence-corrected chi connectivity index (χ2v) is 5.84. The van der Waals surface area contributed by atoms with Gasteiger partial charge in [0, 0.05) is 12.2 Å². The van der Waals surface area contributed by atoms with Crippen molar-refractivity contribution in [2.24, 2.45) is 0 Å². The molecule has 5 nitrogen and oxygen atoms in total. The molecule has 2 aromatic rings. The van der Waals surface area contributed by atoms with Crippen molar-refractivity contribution < 1.29 is 18.7 Å². The number of nitrogens with one attached hydrogen (secondary N) is 1. The fourth-order valence-electron chi connectivity index (χ4n) is 2.72. The minimum atomic E-state index is -0.458. The van der Waals surface area contributed by atoms with Crippen LogP contribution in [0.2, 0.25) is 0 Å². The van der Waals surface area contributed by atoms with Gasteiger partial charge in [0.05, 0.1) is 24.9 Å². The number of aromatic nitrogens is 1. The summed E-state index contributed by atoms with van der Waals surface area (Å²) in [5.41, 5.74) is 2.95. The molecule has 24 heavy (non-hydrogen) atoms. The molecule has 0 aliphatic heterocycles. The highest BCUT2D eigenvalue weighted by atomic mass is 19.1. The largest absolute Gasteiger partial charge is 0.465 e. The van der Waals surface area contributed by atoms with E-state index in [4.69, 9.17) is 4.74 Å². The quantitative estimate of drug-likeness (QED) is 0.653. The van der Waals surface area contributed by atoms with Gasteiger partial charge in [-0.2, -0.15) is 0 Å². The molecule has 0 atom stereocenters. The summed E-state index contributed by atoms with van der Waals surface area (Å²) in [4.78, 5) is 29.1. The van der Waals surface area contributed by atoms with E-state index in [1.807, 2.05) is 11.9 Å². The van der Waals surface area contributed by atoms with Crippen molar-refractivity contribution in [3.05, 3.63) is 58.2 Å². The highest BCUT2D eigenvalue weighted by Gasteiger charge is 2.22. The summed E-state index contributed by atoms with van der Waals surface area (Å²) in [6.07, 6.45) is 0. The van der Waals surface area contributed by atoms with Gasteiger partial charge in [0.15, 0.2) is 5.78 Å². The van der Waals surface area contributed by atoms with Crippen LogP contribution in [0.3, 0.4) is 0 Å². The SMILES string of the molecule is COC(=O)c1c(C)[nH]c(C(=O)CN(C)Cc2ccc(F)cc2)c1C. The number of ketones is 1. The Kier molecular flexibility index (Phi) is 5.51. The molecule has 0 bridgehead atoms. The number of H-pyrrole nitrogens is 1. The number of Topliss-reactive ketones (excluding diaryl/α,β-unsaturated/α-hetero) is 1. The number of ether oxygens (including phenoxy) is 1. The van der Waals surface area contributed by atoms with Crippen LogP contribution in [-0.4, -0.2) is 42.3 Å². The zero-order valence-electron chi connectivity index (χ0n) is 14.3. The van der Waals surface area contributed by atoms with Crippen LogP contribution in [0.15, 0.2) is 24.3 Å². The Balaban J connectivity index is 2.09. The Morgan fingerprint density at radius 2 is 1.83 bits per heavy atom. The number of hydrogen-bond donors (Lipinski definition) is 1. The number of carbonyl (C=O) groups excluding carboxylic acids is 2. The smallest absolute Gasteiger partial charge is 0.339 e. The molecule has 6 heteroatoms. The van der Waals surface area contributed by atoms with Gasteiger partial charge in [-0.05, 0) is 44.2 Å². The van der Waals surface area contributed by atoms with Crippen LogP contribution >= 0.6 is 0 Å². The molecule has 0 spiro atoms. The normalized spacial score (nSPS) is 10.9. The van der Waals surface area contributed by atoms with Crippen LogP contribution in [-0.2, 0) is 11.3 Å². The third-order valence-corrected chi connectivity index (χ3v) is 3.89. The number of aryl methyl sites for hydroxylation is 1. The first kappa shape index (κ1) is 17.9. The molecular weight excluding hydrogens is 311 g/mol. The van der Waals surface area contributed by atoms with E-state index in [0.717, 1.165) is 5.56 Å². The van der Waals surface area contributed by atoms with Crippen molar-refractivity contribution >= 4 is 11.8 Å². The van der Waals surface area contributed by atoms with E-state index < -0.39 is 5.97 Å². The fraction of sp³-hybridized carbons (Fsp3) is 0.333. The Morgan fingerprint density at radius 3 is 2.42 bits per heavy atom. The number of nitrogens with zero attached hydrogens (tertiary/aromatic N) is 1. The third kappa shape index (κ3) is 3.89. The molecule has 1 aromatic heterocycles. The van der Waals surface area contributed by atoms with Gasteiger partial charge in [-0.3, -0.25) is 9.69 Å². The minimum absolute atomic E-state index is 0.115. The van der Waals surface area contributed by atoms with Gasteiger partial charge in [0.2, 0.25) is 0 Å². The van der Waals surface area contributed by atoms with Crippen molar-refractivity contribution in [3.8, 4) is 0 Å². The number of halogens is 1. The molecule has 0 aliphatic carbocycles. The van der Waals surface area contributed by atoms with Crippen molar-refractivity contribution in [1.29, 1.82) is 0 Å². The first-order valence-corrected chi connectivity index (χ1v) is 7.57. The summed E-state index contributed by atoms with van der Waals surface area (Å²) < 4.78 is 17.7. The van der Waals surface area contributed by atoms with Crippen molar-refractivity contribution in [2.45, 2.75) is 20.4 Å². The van der Waals surface area contributed by atoms with Crippen molar-refractivity contribution in [3.63, 3.8) is 0 Å². The number of benzene rings is 1. The number of rotatable bonds is 6. The molecule has 2 rings (SSSR count). The summed E-state index contributed by atoms with van der Waals surface area (Å²) in [5.74, 6) is -0.861. The standard InChI is InChI=1S/C18H21FN2O3/c1-11-16(18(23)24-4)12(2)20-17(11)15(22)10-21(3)9-13-5-7-14(19)8-6-13/h5-8,20H,9-10H2,1-4H3. The minimum Gasteiger partial charge on any atom is -0.465 e. The lowest BCUT2D eigenvalue weighted by atomic mass is 10.1. The van der Waals surface area contributed by atoms with Gasteiger partial charge < -0.3 is 9.72 Å². The van der Waals surface area contributed by atoms with Gasteiger partial charge in [-0.15, -0.1) is 0 Å². The average Bonchev–Trinajstić information content (AvgIpc) is 2.83. The Hall–Kier alpha value is -2.47. The van der Waals surface area contributed by atoms with E-state index in [0.29, 0.717) is 29.1 Å². The number of carbonyl (C=O) groups is 2. The predicted octanol–water partition coefficient (Wildman–Crippen LogP) is 2.87. The van der Waals surface area contributed by atoms with Crippen molar-refractivity contribution in [1.82, 2.24) is 9.88 Å². The summed E-state index contributed by atoms with van der Waals surface area (Å²) in [6.45, 7) is 4.16. The Labute approximate surface area is 140 Å². The zero-order chi connectivity index (χ0) is 17.9. The molecule has 1 aromatic carbocycles. The van der Waals surface area contributed by atoms with Crippen LogP contribution in [0.5, 0.6) is 0 Å². The van der Waals surface area contributed by atoms with Crippen LogP contribution in [0.4, 0.5) is 4.39 Å². The van der Waals surface area contributed by atoms with E-state index >= 15 is 0 Å². The van der Waals surface area contributed by atoms with Gasteiger partial charge >= 0.3 is 5.97 Å². The van der Waals surface area contributed by atoms with Crippen LogP contribution in [0.25, 0.3) is 0 Å². The predicted molar refractivity (Wildman–Crippen MR) is 88.7 cm³/mol. The molecule has 0 amide bonds. The number of methoxy groups -OCH3 is 1. The highest BCUT2D eigenvalue weighted by molar-refractivity contribution is 6.02. The van der Waals surface area contributed by atoms with E-state index in [-0.39, 0.29) is 18.1 Å². The van der Waals surface area contributed by atoms with E-state index in [2.05, 4.69) is 4.98 Å². The molecule has 128 valence electrons. The summed E-state index contributed by atoms with van der Waals surface area (Å²) in [7, 11) is 3.12. The summed E-state index contributed by atoms with van der Waals surface area (Å²) >= 11 is 0. The molecule has 0 aliphatic rings. The molecule has 1 heterocycles. The Bertz CT molecular complexity index is 750. The molecule has 1 N–H and O–H groups in total. The number of hydrogen-bond acceptors (Lipinski definition) is 4. The van der Waals surface area contributed by atoms with E-state index in [1.54, 1.807) is 26.0 Å². The van der Waals surface area contributed by atoms with Crippen LogP contribution in [0, 0.1) is 19.7 Å². The number of likely N-dealkylation sites (N-methyl/N-ethyl adjacent to an activating group) is 1. The fourth-order valence-corrected chi connectivity index (χ4v) is 2.72. The highest BCUT2D eigenvalue weighted by Crippen LogP contribution is 2.19. The number of aromatic amines is 1. The van der Waals surface area contributed by atoms with Gasteiger partial charge in [-0.25, -0.2) is 9.18 Å². The summed E-state index contributed by atoms with van der Waals surface area (Å²) in [6, 6.07) is 6.17. The second kappa shape index (κ2) is 7.40. The topological polar surface area (TPSA) is 62.4 Å². The lowest BCUT2D eigenvalue weighted by Crippen LogP contribution is -2.26. The maximum atomic E-state index is 12.9. The maximum absolute atomic E-state index is 12.9. The monoisotopic (exact) mass is 332 g/mol. The molecule has 0 unspecified atom stereocenters. The Morgan fingerprint density at radius 1 is 1.21 bits per heavy atom. The zero-order valence-corrected chi connectivity index (χ0v) is 14.3. The number of esters is 1. The van der Waals surface area contributed by atoms with Crippen molar-refractivity contribution in [2.75, 3.05) is 20.7 Å². The lowest BCUT2D eigenvalue weighted by molar-refractivity contribution is 0.0599. The first-order chi connectivity index (χ1) is 11.3. The van der Waals surface area contributed by atoms with Gasteiger partial charge in [-0.1, -0.05) is 12.1 Å². The molecule has 0 radical (unpaired) electrons. The molecular formula is C18H21FN2O3. The third-order valence-electron chi connectivity index (χ3n) is 3.89. The van der Waals surface area contributed by atoms with E-state index in [1.165, 1.54) is 19.2 Å². The first-order valence-electron chi connectivity index (χ1n) is 7.57. The van der Waals surface area contributed by atoms with Gasteiger partial charge in [0.25, 0.3) is 0 Å². The second-order valence-electron chi connectivity index (χ2n) is 5.84. The lowest BCUT2D eigenvalue weighted by Gasteiger charge is -2.15. The average molecular weight is 332 g/mol. The van der Waals surface area contributed by atoms with Gasteiger partial charge in [0.1, 0.15) is 5.82 Å². The maximum Gasteiger partial charge on any atom is 0.339 e. The van der Waals surface area contributed by atoms with Crippen LogP contribution < -0.4 is 0 Å². The molecule has 0 fully saturated rings. The van der Waals surface area contributed by atoms with E-state index in [9.17, 15) is 14.0 Å². The summed E-state index contributed by atoms with van der Waals surface area (Å²) in [5, 5.41) is 0.